The summed E-state index contributed by atoms with van der Waals surface area (Å²) < 4.78 is 11.8. The SMILES string of the molecule is CCOC(C(=O)Cc1cc(Br)ccc1OC)C(C)C. The molecular formula is C15H21BrO3. The van der Waals surface area contributed by atoms with Gasteiger partial charge in [-0.1, -0.05) is 29.8 Å². The van der Waals surface area contributed by atoms with E-state index in [1.807, 2.05) is 39.0 Å². The first-order valence-corrected chi connectivity index (χ1v) is 7.25. The Bertz CT molecular complexity index is 429. The van der Waals surface area contributed by atoms with Gasteiger partial charge in [0.25, 0.3) is 0 Å². The molecule has 0 aromatic heterocycles. The Morgan fingerprint density at radius 2 is 2.05 bits per heavy atom. The largest absolute Gasteiger partial charge is 0.496 e. The number of methoxy groups -OCH3 is 1. The van der Waals surface area contributed by atoms with Crippen molar-refractivity contribution >= 4 is 21.7 Å². The zero-order valence-corrected chi connectivity index (χ0v) is 13.5. The summed E-state index contributed by atoms with van der Waals surface area (Å²) in [6.45, 7) is 6.44. The van der Waals surface area contributed by atoms with Crippen LogP contribution in [0.15, 0.2) is 22.7 Å². The molecule has 0 spiro atoms. The lowest BCUT2D eigenvalue weighted by Gasteiger charge is -2.20. The minimum Gasteiger partial charge on any atom is -0.496 e. The van der Waals surface area contributed by atoms with Gasteiger partial charge < -0.3 is 9.47 Å². The highest BCUT2D eigenvalue weighted by molar-refractivity contribution is 9.10. The lowest BCUT2D eigenvalue weighted by molar-refractivity contribution is -0.132. The third kappa shape index (κ3) is 4.62. The summed E-state index contributed by atoms with van der Waals surface area (Å²) in [4.78, 5) is 12.3. The molecule has 0 heterocycles. The topological polar surface area (TPSA) is 35.5 Å². The number of benzene rings is 1. The molecule has 0 radical (unpaired) electrons. The number of carbonyl (C=O) groups is 1. The molecule has 0 aliphatic carbocycles. The number of Topliss-reactive ketones (excluding diaryl/α,β-unsaturated/α-hetero) is 1. The van der Waals surface area contributed by atoms with E-state index in [0.717, 1.165) is 15.8 Å². The standard InChI is InChI=1S/C15H21BrO3/c1-5-19-15(10(2)3)13(17)9-11-8-12(16)6-7-14(11)18-4/h6-8,10,15H,5,9H2,1-4H3. The van der Waals surface area contributed by atoms with Crippen molar-refractivity contribution in [1.82, 2.24) is 0 Å². The van der Waals surface area contributed by atoms with E-state index < -0.39 is 0 Å². The molecule has 106 valence electrons. The quantitative estimate of drug-likeness (QED) is 0.766. The van der Waals surface area contributed by atoms with Crippen LogP contribution in [-0.2, 0) is 16.0 Å². The Labute approximate surface area is 123 Å². The molecule has 3 nitrogen and oxygen atoms in total. The number of rotatable bonds is 7. The number of halogens is 1. The van der Waals surface area contributed by atoms with Crippen LogP contribution in [0, 0.1) is 5.92 Å². The van der Waals surface area contributed by atoms with Gasteiger partial charge in [0.2, 0.25) is 0 Å². The molecular weight excluding hydrogens is 308 g/mol. The van der Waals surface area contributed by atoms with Crippen molar-refractivity contribution in [2.24, 2.45) is 5.92 Å². The first kappa shape index (κ1) is 16.2. The second kappa shape index (κ2) is 7.65. The molecule has 0 amide bonds. The van der Waals surface area contributed by atoms with Crippen LogP contribution in [0.2, 0.25) is 0 Å². The summed E-state index contributed by atoms with van der Waals surface area (Å²) in [5.74, 6) is 0.995. The highest BCUT2D eigenvalue weighted by Gasteiger charge is 2.23. The zero-order valence-electron chi connectivity index (χ0n) is 11.9. The van der Waals surface area contributed by atoms with Crippen molar-refractivity contribution in [3.8, 4) is 5.75 Å². The smallest absolute Gasteiger partial charge is 0.166 e. The van der Waals surface area contributed by atoms with E-state index in [1.54, 1.807) is 7.11 Å². The van der Waals surface area contributed by atoms with Gasteiger partial charge in [0, 0.05) is 23.1 Å². The number of ether oxygens (including phenoxy) is 2. The first-order valence-electron chi connectivity index (χ1n) is 6.46. The van der Waals surface area contributed by atoms with Gasteiger partial charge in [0.05, 0.1) is 7.11 Å². The maximum absolute atomic E-state index is 12.3. The molecule has 0 saturated heterocycles. The van der Waals surface area contributed by atoms with Gasteiger partial charge in [-0.2, -0.15) is 0 Å². The summed E-state index contributed by atoms with van der Waals surface area (Å²) in [6, 6.07) is 5.67. The van der Waals surface area contributed by atoms with E-state index in [9.17, 15) is 4.79 Å². The molecule has 19 heavy (non-hydrogen) atoms. The summed E-state index contributed by atoms with van der Waals surface area (Å²) >= 11 is 3.41. The highest BCUT2D eigenvalue weighted by atomic mass is 79.9. The Balaban J connectivity index is 2.88. The normalized spacial score (nSPS) is 12.5. The summed E-state index contributed by atoms with van der Waals surface area (Å²) in [5.41, 5.74) is 0.882. The van der Waals surface area contributed by atoms with Crippen molar-refractivity contribution in [3.05, 3.63) is 28.2 Å². The lowest BCUT2D eigenvalue weighted by atomic mass is 9.97. The number of hydrogen-bond donors (Lipinski definition) is 0. The number of ketones is 1. The van der Waals surface area contributed by atoms with Gasteiger partial charge in [0.1, 0.15) is 11.9 Å². The Kier molecular flexibility index (Phi) is 6.52. The van der Waals surface area contributed by atoms with Crippen molar-refractivity contribution in [2.75, 3.05) is 13.7 Å². The van der Waals surface area contributed by atoms with Gasteiger partial charge in [-0.15, -0.1) is 0 Å². The van der Waals surface area contributed by atoms with E-state index in [-0.39, 0.29) is 17.8 Å². The van der Waals surface area contributed by atoms with Crippen LogP contribution in [0.4, 0.5) is 0 Å². The van der Waals surface area contributed by atoms with E-state index in [4.69, 9.17) is 9.47 Å². The summed E-state index contributed by atoms with van der Waals surface area (Å²) in [7, 11) is 1.61. The fourth-order valence-corrected chi connectivity index (χ4v) is 2.42. The minimum atomic E-state index is -0.353. The number of hydrogen-bond acceptors (Lipinski definition) is 3. The molecule has 1 atom stereocenters. The van der Waals surface area contributed by atoms with Gasteiger partial charge in [-0.25, -0.2) is 0 Å². The molecule has 1 rings (SSSR count). The average molecular weight is 329 g/mol. The van der Waals surface area contributed by atoms with Crippen LogP contribution in [-0.4, -0.2) is 25.6 Å². The fraction of sp³-hybridized carbons (Fsp3) is 0.533. The van der Waals surface area contributed by atoms with Crippen molar-refractivity contribution in [2.45, 2.75) is 33.3 Å². The fourth-order valence-electron chi connectivity index (χ4n) is 2.01. The lowest BCUT2D eigenvalue weighted by Crippen LogP contribution is -2.31. The molecule has 0 fully saturated rings. The van der Waals surface area contributed by atoms with E-state index in [0.29, 0.717) is 13.0 Å². The predicted octanol–water partition coefficient (Wildman–Crippen LogP) is 3.63. The average Bonchev–Trinajstić information content (AvgIpc) is 2.35. The second-order valence-electron chi connectivity index (χ2n) is 4.72. The molecule has 0 aliphatic rings. The molecule has 4 heteroatoms. The Morgan fingerprint density at radius 1 is 1.37 bits per heavy atom. The van der Waals surface area contributed by atoms with Crippen LogP contribution in [0.1, 0.15) is 26.3 Å². The van der Waals surface area contributed by atoms with Crippen LogP contribution in [0.3, 0.4) is 0 Å². The molecule has 0 bridgehead atoms. The molecule has 0 aliphatic heterocycles. The molecule has 0 N–H and O–H groups in total. The van der Waals surface area contributed by atoms with Crippen LogP contribution >= 0.6 is 15.9 Å². The van der Waals surface area contributed by atoms with Crippen LogP contribution < -0.4 is 4.74 Å². The third-order valence-corrected chi connectivity index (χ3v) is 3.37. The minimum absolute atomic E-state index is 0.0910. The zero-order chi connectivity index (χ0) is 14.4. The van der Waals surface area contributed by atoms with Gasteiger partial charge >= 0.3 is 0 Å². The molecule has 1 aromatic rings. The van der Waals surface area contributed by atoms with Crippen molar-refractivity contribution in [3.63, 3.8) is 0 Å². The van der Waals surface area contributed by atoms with Gasteiger partial charge in [-0.05, 0) is 31.0 Å². The summed E-state index contributed by atoms with van der Waals surface area (Å²) in [5, 5.41) is 0. The Hall–Kier alpha value is -0.870. The predicted molar refractivity (Wildman–Crippen MR) is 79.7 cm³/mol. The second-order valence-corrected chi connectivity index (χ2v) is 5.63. The molecule has 0 saturated carbocycles. The highest BCUT2D eigenvalue weighted by Crippen LogP contribution is 2.24. The van der Waals surface area contributed by atoms with E-state index >= 15 is 0 Å². The third-order valence-electron chi connectivity index (χ3n) is 2.88. The molecule has 1 aromatic carbocycles. The summed E-state index contributed by atoms with van der Waals surface area (Å²) in [6.07, 6.45) is -0.0282. The number of carbonyl (C=O) groups excluding carboxylic acids is 1. The van der Waals surface area contributed by atoms with Crippen molar-refractivity contribution < 1.29 is 14.3 Å². The van der Waals surface area contributed by atoms with Crippen LogP contribution in [0.25, 0.3) is 0 Å². The monoisotopic (exact) mass is 328 g/mol. The first-order chi connectivity index (χ1) is 8.99. The van der Waals surface area contributed by atoms with Crippen LogP contribution in [0.5, 0.6) is 5.75 Å². The Morgan fingerprint density at radius 3 is 2.58 bits per heavy atom. The maximum Gasteiger partial charge on any atom is 0.166 e. The van der Waals surface area contributed by atoms with Crippen molar-refractivity contribution in [1.29, 1.82) is 0 Å². The van der Waals surface area contributed by atoms with E-state index in [1.165, 1.54) is 0 Å². The van der Waals surface area contributed by atoms with E-state index in [2.05, 4.69) is 15.9 Å². The van der Waals surface area contributed by atoms with Gasteiger partial charge in [-0.3, -0.25) is 4.79 Å². The molecule has 1 unspecified atom stereocenters. The maximum atomic E-state index is 12.3. The van der Waals surface area contributed by atoms with Gasteiger partial charge in [0.15, 0.2) is 5.78 Å².